The van der Waals surface area contributed by atoms with Crippen LogP contribution in [0.1, 0.15) is 70.8 Å². The van der Waals surface area contributed by atoms with Crippen LogP contribution in [0.5, 0.6) is 0 Å². The molecule has 1 unspecified atom stereocenters. The summed E-state index contributed by atoms with van der Waals surface area (Å²) in [6.07, 6.45) is 8.58. The lowest BCUT2D eigenvalue weighted by Crippen LogP contribution is -2.65. The summed E-state index contributed by atoms with van der Waals surface area (Å²) in [6, 6.07) is 4.66. The number of hydrogen-bond donors (Lipinski definition) is 3. The van der Waals surface area contributed by atoms with E-state index in [1.165, 1.54) is 25.3 Å². The number of benzene rings is 1. The largest absolute Gasteiger partial charge is 0.369 e. The van der Waals surface area contributed by atoms with Gasteiger partial charge in [0, 0.05) is 18.6 Å². The number of urea groups is 1. The van der Waals surface area contributed by atoms with Crippen LogP contribution in [0.4, 0.5) is 14.9 Å². The van der Waals surface area contributed by atoms with E-state index < -0.39 is 5.82 Å². The lowest BCUT2D eigenvalue weighted by atomic mass is 9.43. The summed E-state index contributed by atoms with van der Waals surface area (Å²) < 4.78 is 14.9. The van der Waals surface area contributed by atoms with Gasteiger partial charge in [0.05, 0.1) is 11.6 Å². The Hall–Kier alpha value is -2.15. The van der Waals surface area contributed by atoms with Crippen molar-refractivity contribution in [3.8, 4) is 0 Å². The summed E-state index contributed by atoms with van der Waals surface area (Å²) in [7, 11) is 0. The molecular weight excluding hydrogens is 419 g/mol. The second kappa shape index (κ2) is 7.97. The number of anilines is 1. The third-order valence-corrected chi connectivity index (χ3v) is 8.60. The Bertz CT molecular complexity index is 948. The number of halogens is 1. The molecule has 0 radical (unpaired) electrons. The number of amides is 3. The molecule has 4 aliphatic carbocycles. The van der Waals surface area contributed by atoms with Crippen LogP contribution < -0.4 is 16.4 Å². The van der Waals surface area contributed by atoms with Gasteiger partial charge in [0.2, 0.25) is 5.91 Å². The molecule has 0 spiro atoms. The van der Waals surface area contributed by atoms with E-state index in [1.54, 1.807) is 6.07 Å². The number of hydrogen-bond acceptors (Lipinski definition) is 3. The number of rotatable bonds is 5. The lowest BCUT2D eigenvalue weighted by Gasteiger charge is -2.65. The van der Waals surface area contributed by atoms with Crippen molar-refractivity contribution in [1.29, 1.82) is 0 Å². The Balaban J connectivity index is 1.21. The predicted octanol–water partition coefficient (Wildman–Crippen LogP) is 4.39. The molecule has 180 valence electrons. The fraction of sp³-hybridized carbons (Fsp3) is 0.692. The standard InChI is InChI=1S/C26H37FN4O2/c1-24-9-18-10-25(2,14-24)16-26(11-18,15-24)30-23(33)29-21-6-5-17(8-20(21)27)12-31-7-3-4-19(13-31)22(28)32/h5-6,8,18-19H,3-4,7,9-16H2,1-2H3,(H2,28,32)(H2,29,30,33)/t18?,19?,24-,25-,26?/m0/s1. The van der Waals surface area contributed by atoms with E-state index >= 15 is 0 Å². The zero-order valence-electron chi connectivity index (χ0n) is 19.9. The van der Waals surface area contributed by atoms with Crippen LogP contribution in [0, 0.1) is 28.5 Å². The Morgan fingerprint density at radius 2 is 1.88 bits per heavy atom. The molecule has 3 amide bonds. The molecule has 4 saturated carbocycles. The van der Waals surface area contributed by atoms with Crippen LogP contribution in [0.3, 0.4) is 0 Å². The first-order valence-corrected chi connectivity index (χ1v) is 12.4. The molecule has 4 bridgehead atoms. The summed E-state index contributed by atoms with van der Waals surface area (Å²) in [5, 5.41) is 6.04. The summed E-state index contributed by atoms with van der Waals surface area (Å²) >= 11 is 0. The van der Waals surface area contributed by atoms with Gasteiger partial charge in [-0.25, -0.2) is 9.18 Å². The normalized spacial score (nSPS) is 37.7. The van der Waals surface area contributed by atoms with E-state index in [4.69, 9.17) is 5.73 Å². The maximum absolute atomic E-state index is 14.9. The Morgan fingerprint density at radius 3 is 2.52 bits per heavy atom. The monoisotopic (exact) mass is 456 g/mol. The van der Waals surface area contributed by atoms with Gasteiger partial charge in [-0.3, -0.25) is 9.69 Å². The summed E-state index contributed by atoms with van der Waals surface area (Å²) in [5.74, 6) is -0.159. The topological polar surface area (TPSA) is 87.5 Å². The number of nitrogens with two attached hydrogens (primary N) is 1. The molecule has 3 atom stereocenters. The van der Waals surface area contributed by atoms with E-state index in [-0.39, 0.29) is 29.1 Å². The highest BCUT2D eigenvalue weighted by molar-refractivity contribution is 5.90. The maximum Gasteiger partial charge on any atom is 0.319 e. The minimum atomic E-state index is -0.435. The van der Waals surface area contributed by atoms with Crippen molar-refractivity contribution < 1.29 is 14.0 Å². The van der Waals surface area contributed by atoms with Gasteiger partial charge in [0.1, 0.15) is 5.82 Å². The van der Waals surface area contributed by atoms with Crippen molar-refractivity contribution in [3.05, 3.63) is 29.6 Å². The van der Waals surface area contributed by atoms with Gasteiger partial charge in [-0.1, -0.05) is 19.9 Å². The first-order valence-electron chi connectivity index (χ1n) is 12.4. The van der Waals surface area contributed by atoms with E-state index in [2.05, 4.69) is 29.4 Å². The van der Waals surface area contributed by atoms with Gasteiger partial charge < -0.3 is 16.4 Å². The zero-order chi connectivity index (χ0) is 23.4. The first-order chi connectivity index (χ1) is 15.5. The maximum atomic E-state index is 14.9. The molecule has 1 heterocycles. The van der Waals surface area contributed by atoms with Crippen molar-refractivity contribution in [3.63, 3.8) is 0 Å². The summed E-state index contributed by atoms with van der Waals surface area (Å²) in [4.78, 5) is 26.6. The average molecular weight is 457 g/mol. The van der Waals surface area contributed by atoms with Crippen LogP contribution in [0.15, 0.2) is 18.2 Å². The van der Waals surface area contributed by atoms with Gasteiger partial charge in [0.25, 0.3) is 0 Å². The highest BCUT2D eigenvalue weighted by atomic mass is 19.1. The number of nitrogens with one attached hydrogen (secondary N) is 2. The molecule has 1 aromatic carbocycles. The second-order valence-electron chi connectivity index (χ2n) is 12.3. The molecular formula is C26H37FN4O2. The molecule has 5 aliphatic rings. The molecule has 1 aliphatic heterocycles. The average Bonchev–Trinajstić information content (AvgIpc) is 2.67. The number of nitrogens with zero attached hydrogens (tertiary/aromatic N) is 1. The quantitative estimate of drug-likeness (QED) is 0.614. The van der Waals surface area contributed by atoms with Gasteiger partial charge in [-0.05, 0) is 92.4 Å². The van der Waals surface area contributed by atoms with Crippen LogP contribution in [-0.4, -0.2) is 35.5 Å². The molecule has 6 rings (SSSR count). The number of primary amides is 1. The number of carbonyl (C=O) groups is 2. The predicted molar refractivity (Wildman–Crippen MR) is 126 cm³/mol. The van der Waals surface area contributed by atoms with Gasteiger partial charge in [-0.2, -0.15) is 0 Å². The van der Waals surface area contributed by atoms with E-state index in [0.717, 1.165) is 44.2 Å². The summed E-state index contributed by atoms with van der Waals surface area (Å²) in [5.41, 5.74) is 6.92. The first kappa shape index (κ1) is 22.6. The van der Waals surface area contributed by atoms with E-state index in [1.807, 2.05) is 6.07 Å². The minimum Gasteiger partial charge on any atom is -0.369 e. The van der Waals surface area contributed by atoms with Crippen molar-refractivity contribution in [2.45, 2.75) is 77.3 Å². The van der Waals surface area contributed by atoms with E-state index in [0.29, 0.717) is 29.8 Å². The Morgan fingerprint density at radius 1 is 1.15 bits per heavy atom. The van der Waals surface area contributed by atoms with Crippen molar-refractivity contribution in [1.82, 2.24) is 10.2 Å². The molecule has 5 fully saturated rings. The molecule has 0 aromatic heterocycles. The molecule has 6 nitrogen and oxygen atoms in total. The van der Waals surface area contributed by atoms with Crippen LogP contribution in [0.2, 0.25) is 0 Å². The smallest absolute Gasteiger partial charge is 0.319 e. The summed E-state index contributed by atoms with van der Waals surface area (Å²) in [6.45, 7) is 6.79. The molecule has 1 aromatic rings. The fourth-order valence-electron chi connectivity index (χ4n) is 8.43. The SMILES string of the molecule is C[C@@]12CC3CC(NC(=O)Nc4ccc(CN5CCCC(C(N)=O)C5)cc4F)(C1)C[C@@](C)(C3)C2. The van der Waals surface area contributed by atoms with Gasteiger partial charge in [-0.15, -0.1) is 0 Å². The highest BCUT2D eigenvalue weighted by Crippen LogP contribution is 2.66. The van der Waals surface area contributed by atoms with E-state index in [9.17, 15) is 14.0 Å². The number of carbonyl (C=O) groups excluding carboxylic acids is 2. The third-order valence-electron chi connectivity index (χ3n) is 8.60. The van der Waals surface area contributed by atoms with Crippen LogP contribution in [-0.2, 0) is 11.3 Å². The third kappa shape index (κ3) is 4.61. The highest BCUT2D eigenvalue weighted by Gasteiger charge is 2.60. The fourth-order valence-corrected chi connectivity index (χ4v) is 8.43. The van der Waals surface area contributed by atoms with Crippen molar-refractivity contribution in [2.75, 3.05) is 18.4 Å². The zero-order valence-corrected chi connectivity index (χ0v) is 19.9. The molecule has 33 heavy (non-hydrogen) atoms. The molecule has 1 saturated heterocycles. The van der Waals surface area contributed by atoms with Crippen LogP contribution in [0.25, 0.3) is 0 Å². The van der Waals surface area contributed by atoms with Crippen molar-refractivity contribution in [2.24, 2.45) is 28.4 Å². The second-order valence-corrected chi connectivity index (χ2v) is 12.3. The number of likely N-dealkylation sites (tertiary alicyclic amines) is 1. The number of piperidine rings is 1. The van der Waals surface area contributed by atoms with Crippen LogP contribution >= 0.6 is 0 Å². The van der Waals surface area contributed by atoms with Gasteiger partial charge >= 0.3 is 6.03 Å². The lowest BCUT2D eigenvalue weighted by molar-refractivity contribution is -0.123. The Kier molecular flexibility index (Phi) is 5.46. The molecule has 4 N–H and O–H groups in total. The molecule has 7 heteroatoms. The minimum absolute atomic E-state index is 0.137. The Labute approximate surface area is 195 Å². The van der Waals surface area contributed by atoms with Crippen molar-refractivity contribution >= 4 is 17.6 Å². The van der Waals surface area contributed by atoms with Gasteiger partial charge in [0.15, 0.2) is 0 Å².